The largest absolute Gasteiger partial charge is 0.343 e. The van der Waals surface area contributed by atoms with Crippen molar-refractivity contribution >= 4 is 11.8 Å². The van der Waals surface area contributed by atoms with Crippen LogP contribution in [0.4, 0.5) is 0 Å². The first-order valence-corrected chi connectivity index (χ1v) is 8.34. The minimum absolute atomic E-state index is 0.194. The molecule has 3 rings (SSSR count). The molecule has 23 heavy (non-hydrogen) atoms. The van der Waals surface area contributed by atoms with Gasteiger partial charge in [-0.3, -0.25) is 4.57 Å². The molecule has 0 aliphatic rings. The van der Waals surface area contributed by atoms with Crippen LogP contribution < -0.4 is 5.69 Å². The van der Waals surface area contributed by atoms with E-state index in [4.69, 9.17) is 4.52 Å². The summed E-state index contributed by atoms with van der Waals surface area (Å²) in [5.41, 5.74) is 1.85. The number of hydrogen-bond donors (Lipinski definition) is 1. The average molecular weight is 331 g/mol. The fourth-order valence-electron chi connectivity index (χ4n) is 2.21. The van der Waals surface area contributed by atoms with Crippen molar-refractivity contribution in [2.75, 3.05) is 0 Å². The van der Waals surface area contributed by atoms with Crippen LogP contribution in [0.15, 0.2) is 38.7 Å². The molecule has 0 bridgehead atoms. The summed E-state index contributed by atoms with van der Waals surface area (Å²) in [5, 5.41) is 11.2. The topological polar surface area (TPSA) is 89.6 Å². The molecular weight excluding hydrogens is 314 g/mol. The van der Waals surface area contributed by atoms with Gasteiger partial charge in [0.1, 0.15) is 0 Å². The monoisotopic (exact) mass is 331 g/mol. The van der Waals surface area contributed by atoms with Gasteiger partial charge in [-0.2, -0.15) is 4.98 Å². The summed E-state index contributed by atoms with van der Waals surface area (Å²) in [6.45, 7) is 4.66. The zero-order valence-electron chi connectivity index (χ0n) is 12.9. The number of hydrogen-bond acceptors (Lipinski definition) is 6. The van der Waals surface area contributed by atoms with Gasteiger partial charge >= 0.3 is 5.69 Å². The van der Waals surface area contributed by atoms with E-state index in [2.05, 4.69) is 20.3 Å². The average Bonchev–Trinajstić information content (AvgIpc) is 3.14. The van der Waals surface area contributed by atoms with Crippen molar-refractivity contribution in [2.24, 2.45) is 0 Å². The molecule has 0 saturated carbocycles. The van der Waals surface area contributed by atoms with E-state index < -0.39 is 0 Å². The van der Waals surface area contributed by atoms with Crippen molar-refractivity contribution in [2.45, 2.75) is 37.7 Å². The molecule has 0 amide bonds. The molecule has 2 aromatic heterocycles. The van der Waals surface area contributed by atoms with Crippen molar-refractivity contribution < 1.29 is 4.52 Å². The van der Waals surface area contributed by atoms with Crippen LogP contribution in [0.25, 0.3) is 11.4 Å². The number of aryl methyl sites for hydroxylation is 1. The highest BCUT2D eigenvalue weighted by Gasteiger charge is 2.13. The molecule has 0 radical (unpaired) electrons. The zero-order valence-corrected chi connectivity index (χ0v) is 13.8. The third-order valence-electron chi connectivity index (χ3n) is 3.35. The molecule has 0 atom stereocenters. The van der Waals surface area contributed by atoms with Gasteiger partial charge in [-0.05, 0) is 18.9 Å². The molecule has 0 aliphatic carbocycles. The van der Waals surface area contributed by atoms with Crippen LogP contribution in [0, 0.1) is 6.92 Å². The normalized spacial score (nSPS) is 11.0. The van der Waals surface area contributed by atoms with E-state index in [-0.39, 0.29) is 5.69 Å². The quantitative estimate of drug-likeness (QED) is 0.698. The molecule has 1 N–H and O–H groups in total. The second-order valence-corrected chi connectivity index (χ2v) is 6.02. The lowest BCUT2D eigenvalue weighted by atomic mass is 10.1. The molecule has 0 spiro atoms. The van der Waals surface area contributed by atoms with Crippen molar-refractivity contribution in [3.8, 4) is 11.4 Å². The number of nitrogens with zero attached hydrogens (tertiary/aromatic N) is 4. The number of rotatable bonds is 6. The lowest BCUT2D eigenvalue weighted by Gasteiger charge is -2.01. The maximum absolute atomic E-state index is 11.6. The standard InChI is InChI=1S/C15H17N5O2S/c1-3-8-20-14(21)17-18-15(20)23-9-12-16-13(19-22-12)11-7-5-4-6-10(11)2/h4-7H,3,8-9H2,1-2H3,(H,17,21). The Hall–Kier alpha value is -2.35. The predicted octanol–water partition coefficient (Wildman–Crippen LogP) is 2.63. The molecule has 3 aromatic rings. The van der Waals surface area contributed by atoms with E-state index >= 15 is 0 Å². The number of benzene rings is 1. The molecule has 120 valence electrons. The van der Waals surface area contributed by atoms with Crippen molar-refractivity contribution in [1.82, 2.24) is 24.9 Å². The summed E-state index contributed by atoms with van der Waals surface area (Å²) < 4.78 is 6.91. The molecule has 0 unspecified atom stereocenters. The summed E-state index contributed by atoms with van der Waals surface area (Å²) >= 11 is 1.40. The Balaban J connectivity index is 1.73. The summed E-state index contributed by atoms with van der Waals surface area (Å²) in [5.74, 6) is 1.55. The lowest BCUT2D eigenvalue weighted by molar-refractivity contribution is 0.391. The number of H-pyrrole nitrogens is 1. The summed E-state index contributed by atoms with van der Waals surface area (Å²) in [6.07, 6.45) is 0.866. The van der Waals surface area contributed by atoms with Crippen molar-refractivity contribution in [1.29, 1.82) is 0 Å². The second kappa shape index (κ2) is 6.82. The van der Waals surface area contributed by atoms with Crippen LogP contribution >= 0.6 is 11.8 Å². The predicted molar refractivity (Wildman–Crippen MR) is 87.2 cm³/mol. The Labute approximate surface area is 137 Å². The summed E-state index contributed by atoms with van der Waals surface area (Å²) in [6, 6.07) is 7.89. The molecule has 0 aliphatic heterocycles. The van der Waals surface area contributed by atoms with Crippen molar-refractivity contribution in [3.63, 3.8) is 0 Å². The van der Waals surface area contributed by atoms with E-state index in [9.17, 15) is 4.79 Å². The molecule has 0 fully saturated rings. The Bertz CT molecular complexity index is 851. The number of thioether (sulfide) groups is 1. The van der Waals surface area contributed by atoms with Gasteiger partial charge in [-0.15, -0.1) is 5.10 Å². The van der Waals surface area contributed by atoms with Crippen molar-refractivity contribution in [3.05, 3.63) is 46.2 Å². The number of nitrogens with one attached hydrogen (secondary N) is 1. The van der Waals surface area contributed by atoms with Gasteiger partial charge in [0.25, 0.3) is 0 Å². The van der Waals surface area contributed by atoms with Crippen LogP contribution in [0.5, 0.6) is 0 Å². The highest BCUT2D eigenvalue weighted by atomic mass is 32.2. The Morgan fingerprint density at radius 2 is 2.17 bits per heavy atom. The number of aromatic amines is 1. The SMILES string of the molecule is CCCn1c(SCc2nc(-c3ccccc3C)no2)n[nH]c1=O. The van der Waals surface area contributed by atoms with Crippen LogP contribution in [0.2, 0.25) is 0 Å². The maximum atomic E-state index is 11.6. The molecule has 1 aromatic carbocycles. The van der Waals surface area contributed by atoms with Gasteiger partial charge in [0.2, 0.25) is 11.7 Å². The summed E-state index contributed by atoms with van der Waals surface area (Å²) in [7, 11) is 0. The van der Waals surface area contributed by atoms with E-state index in [0.29, 0.717) is 29.2 Å². The highest BCUT2D eigenvalue weighted by molar-refractivity contribution is 7.98. The third kappa shape index (κ3) is 3.37. The van der Waals surface area contributed by atoms with E-state index in [1.807, 2.05) is 38.1 Å². The number of aromatic nitrogens is 5. The smallest absolute Gasteiger partial charge is 0.338 e. The lowest BCUT2D eigenvalue weighted by Crippen LogP contribution is -2.17. The Kier molecular flexibility index (Phi) is 4.61. The van der Waals surface area contributed by atoms with Gasteiger partial charge in [0, 0.05) is 12.1 Å². The Morgan fingerprint density at radius 1 is 1.35 bits per heavy atom. The molecular formula is C15H17N5O2S. The molecule has 0 saturated heterocycles. The fraction of sp³-hybridized carbons (Fsp3) is 0.333. The molecule has 8 heteroatoms. The first kappa shape index (κ1) is 15.5. The Morgan fingerprint density at radius 3 is 2.96 bits per heavy atom. The van der Waals surface area contributed by atoms with Crippen LogP contribution in [-0.4, -0.2) is 24.9 Å². The molecule has 2 heterocycles. The minimum atomic E-state index is -0.194. The van der Waals surface area contributed by atoms with E-state index in [0.717, 1.165) is 17.5 Å². The summed E-state index contributed by atoms with van der Waals surface area (Å²) in [4.78, 5) is 16.1. The third-order valence-corrected chi connectivity index (χ3v) is 4.31. The van der Waals surface area contributed by atoms with Gasteiger partial charge in [-0.1, -0.05) is 48.1 Å². The second-order valence-electron chi connectivity index (χ2n) is 5.08. The minimum Gasteiger partial charge on any atom is -0.338 e. The van der Waals surface area contributed by atoms with E-state index in [1.165, 1.54) is 11.8 Å². The first-order valence-electron chi connectivity index (χ1n) is 7.35. The highest BCUT2D eigenvalue weighted by Crippen LogP contribution is 2.23. The first-order chi connectivity index (χ1) is 11.2. The molecule has 7 nitrogen and oxygen atoms in total. The van der Waals surface area contributed by atoms with Crippen LogP contribution in [0.1, 0.15) is 24.8 Å². The van der Waals surface area contributed by atoms with Crippen LogP contribution in [0.3, 0.4) is 0 Å². The fourth-order valence-corrected chi connectivity index (χ4v) is 3.02. The van der Waals surface area contributed by atoms with Gasteiger partial charge in [0.05, 0.1) is 5.75 Å². The van der Waals surface area contributed by atoms with Gasteiger partial charge in [0.15, 0.2) is 5.16 Å². The van der Waals surface area contributed by atoms with Gasteiger partial charge in [-0.25, -0.2) is 9.89 Å². The van der Waals surface area contributed by atoms with E-state index in [1.54, 1.807) is 4.57 Å². The maximum Gasteiger partial charge on any atom is 0.343 e. The zero-order chi connectivity index (χ0) is 16.2. The van der Waals surface area contributed by atoms with Crippen LogP contribution in [-0.2, 0) is 12.3 Å². The van der Waals surface area contributed by atoms with Gasteiger partial charge < -0.3 is 4.52 Å².